The topological polar surface area (TPSA) is 94.6 Å². The summed E-state index contributed by atoms with van der Waals surface area (Å²) in [6, 6.07) is 15.1. The zero-order chi connectivity index (χ0) is 25.5. The van der Waals surface area contributed by atoms with E-state index in [0.29, 0.717) is 39.9 Å². The van der Waals surface area contributed by atoms with E-state index in [1.807, 2.05) is 32.8 Å². The number of likely N-dealkylation sites (N-methyl/N-ethyl adjacent to an activating group) is 2. The van der Waals surface area contributed by atoms with Crippen LogP contribution < -0.4 is 21.0 Å². The number of aromatic nitrogens is 1. The lowest BCUT2D eigenvalue weighted by Gasteiger charge is -2.21. The van der Waals surface area contributed by atoms with Crippen molar-refractivity contribution in [3.63, 3.8) is 0 Å². The summed E-state index contributed by atoms with van der Waals surface area (Å²) < 4.78 is 0. The molecule has 1 heterocycles. The van der Waals surface area contributed by atoms with Gasteiger partial charge in [-0.25, -0.2) is 4.98 Å². The number of benzene rings is 2. The van der Waals surface area contributed by atoms with Crippen LogP contribution in [0, 0.1) is 0 Å². The Morgan fingerprint density at radius 2 is 1.69 bits per heavy atom. The lowest BCUT2D eigenvalue weighted by molar-refractivity contribution is -0.119. The molecule has 0 aliphatic rings. The van der Waals surface area contributed by atoms with Gasteiger partial charge in [0.05, 0.1) is 22.8 Å². The molecule has 0 spiro atoms. The highest BCUT2D eigenvalue weighted by Crippen LogP contribution is 2.19. The van der Waals surface area contributed by atoms with Crippen molar-refractivity contribution in [2.45, 2.75) is 6.92 Å². The van der Waals surface area contributed by atoms with Crippen LogP contribution in [0.3, 0.4) is 0 Å². The standard InChI is InChI=1S/C25H27BClN5O3/c1-4-31(2)15-23(33)32(3)19-9-5-16(6-10-19)24(34)29-21-11-7-17(26)13-20(21)25(35)30-22-12-8-18(27)14-28-22/h5-14H,4,15,26H2,1-3H3,(H,29,34)(H,28,30,35). The Morgan fingerprint density at radius 1 is 0.971 bits per heavy atom. The SMILES string of the molecule is Bc1ccc(NC(=O)c2ccc(N(C)C(=O)CN(C)CC)cc2)c(C(=O)Nc2ccc(Cl)cn2)c1. The van der Waals surface area contributed by atoms with Crippen LogP contribution in [-0.4, -0.2) is 62.6 Å². The highest BCUT2D eigenvalue weighted by molar-refractivity contribution is 6.33. The Hall–Kier alpha value is -3.69. The Morgan fingerprint density at radius 3 is 2.31 bits per heavy atom. The number of nitrogens with one attached hydrogen (secondary N) is 2. The third kappa shape index (κ3) is 6.91. The highest BCUT2D eigenvalue weighted by atomic mass is 35.5. The van der Waals surface area contributed by atoms with E-state index < -0.39 is 5.91 Å². The van der Waals surface area contributed by atoms with Gasteiger partial charge >= 0.3 is 0 Å². The molecule has 180 valence electrons. The number of carbonyl (C=O) groups is 3. The number of pyridine rings is 1. The van der Waals surface area contributed by atoms with Gasteiger partial charge in [-0.1, -0.05) is 36.1 Å². The van der Waals surface area contributed by atoms with Gasteiger partial charge in [0.25, 0.3) is 11.8 Å². The van der Waals surface area contributed by atoms with Crippen LogP contribution in [0.15, 0.2) is 60.8 Å². The van der Waals surface area contributed by atoms with E-state index >= 15 is 0 Å². The Labute approximate surface area is 210 Å². The maximum Gasteiger partial charge on any atom is 0.258 e. The van der Waals surface area contributed by atoms with E-state index in [0.717, 1.165) is 12.0 Å². The predicted molar refractivity (Wildman–Crippen MR) is 143 cm³/mol. The third-order valence-electron chi connectivity index (χ3n) is 5.47. The molecule has 0 radical (unpaired) electrons. The third-order valence-corrected chi connectivity index (χ3v) is 5.70. The molecule has 0 atom stereocenters. The fourth-order valence-electron chi connectivity index (χ4n) is 3.21. The molecule has 0 bridgehead atoms. The van der Waals surface area contributed by atoms with Gasteiger partial charge in [0, 0.05) is 24.5 Å². The Balaban J connectivity index is 1.73. The lowest BCUT2D eigenvalue weighted by atomic mass is 9.93. The number of hydrogen-bond donors (Lipinski definition) is 2. The molecule has 3 amide bonds. The van der Waals surface area contributed by atoms with Gasteiger partial charge in [-0.2, -0.15) is 0 Å². The average molecular weight is 492 g/mol. The lowest BCUT2D eigenvalue weighted by Crippen LogP contribution is -2.36. The molecule has 3 aromatic rings. The molecule has 0 unspecified atom stereocenters. The van der Waals surface area contributed by atoms with Crippen molar-refractivity contribution in [2.75, 3.05) is 42.7 Å². The molecule has 3 rings (SSSR count). The van der Waals surface area contributed by atoms with Crippen molar-refractivity contribution in [3.8, 4) is 0 Å². The van der Waals surface area contributed by atoms with Crippen molar-refractivity contribution < 1.29 is 14.4 Å². The first kappa shape index (κ1) is 25.9. The summed E-state index contributed by atoms with van der Waals surface area (Å²) in [6.45, 7) is 3.06. The molecule has 10 heteroatoms. The molecule has 0 aliphatic heterocycles. The second-order valence-corrected chi connectivity index (χ2v) is 8.59. The predicted octanol–water partition coefficient (Wildman–Crippen LogP) is 2.41. The van der Waals surface area contributed by atoms with E-state index in [4.69, 9.17) is 11.6 Å². The molecule has 0 saturated carbocycles. The van der Waals surface area contributed by atoms with Gasteiger partial charge in [0.15, 0.2) is 0 Å². The van der Waals surface area contributed by atoms with Crippen molar-refractivity contribution in [2.24, 2.45) is 0 Å². The number of rotatable bonds is 8. The van der Waals surface area contributed by atoms with E-state index in [1.54, 1.807) is 60.5 Å². The molecule has 2 N–H and O–H groups in total. The number of hydrogen-bond acceptors (Lipinski definition) is 5. The van der Waals surface area contributed by atoms with Gasteiger partial charge in [-0.05, 0) is 56.1 Å². The van der Waals surface area contributed by atoms with Gasteiger partial charge in [0.2, 0.25) is 5.91 Å². The van der Waals surface area contributed by atoms with Crippen LogP contribution in [0.4, 0.5) is 17.2 Å². The zero-order valence-corrected chi connectivity index (χ0v) is 20.9. The molecule has 8 nitrogen and oxygen atoms in total. The summed E-state index contributed by atoms with van der Waals surface area (Å²) in [7, 11) is 5.44. The monoisotopic (exact) mass is 491 g/mol. The first-order chi connectivity index (χ1) is 16.7. The number of halogens is 1. The summed E-state index contributed by atoms with van der Waals surface area (Å²) in [5.41, 5.74) is 2.61. The fourth-order valence-corrected chi connectivity index (χ4v) is 3.32. The summed E-state index contributed by atoms with van der Waals surface area (Å²) in [5, 5.41) is 5.98. The van der Waals surface area contributed by atoms with Crippen LogP contribution in [0.2, 0.25) is 5.02 Å². The fraction of sp³-hybridized carbons (Fsp3) is 0.200. The summed E-state index contributed by atoms with van der Waals surface area (Å²) in [6.07, 6.45) is 1.44. The highest BCUT2D eigenvalue weighted by Gasteiger charge is 2.17. The minimum atomic E-state index is -0.411. The molecule has 0 fully saturated rings. The van der Waals surface area contributed by atoms with Crippen LogP contribution >= 0.6 is 11.6 Å². The van der Waals surface area contributed by atoms with Crippen molar-refractivity contribution >= 4 is 59.8 Å². The van der Waals surface area contributed by atoms with E-state index in [1.165, 1.54) is 6.20 Å². The molecule has 0 saturated heterocycles. The molecule has 35 heavy (non-hydrogen) atoms. The first-order valence-electron chi connectivity index (χ1n) is 11.1. The van der Waals surface area contributed by atoms with E-state index in [9.17, 15) is 14.4 Å². The van der Waals surface area contributed by atoms with E-state index in [2.05, 4.69) is 15.6 Å². The quantitative estimate of drug-likeness (QED) is 0.472. The van der Waals surface area contributed by atoms with Gasteiger partial charge < -0.3 is 15.5 Å². The number of amides is 3. The Bertz CT molecular complexity index is 1220. The summed E-state index contributed by atoms with van der Waals surface area (Å²) >= 11 is 5.85. The zero-order valence-electron chi connectivity index (χ0n) is 20.1. The number of carbonyl (C=O) groups excluding carboxylic acids is 3. The van der Waals surface area contributed by atoms with Crippen LogP contribution in [0.5, 0.6) is 0 Å². The maximum absolute atomic E-state index is 12.9. The average Bonchev–Trinajstić information content (AvgIpc) is 2.85. The molecular weight excluding hydrogens is 465 g/mol. The molecular formula is C25H27BClN5O3. The van der Waals surface area contributed by atoms with Crippen molar-refractivity contribution in [1.29, 1.82) is 0 Å². The Kier molecular flexibility index (Phi) is 8.62. The van der Waals surface area contributed by atoms with Crippen LogP contribution in [0.1, 0.15) is 27.6 Å². The van der Waals surface area contributed by atoms with Crippen LogP contribution in [0.25, 0.3) is 0 Å². The number of nitrogens with zero attached hydrogens (tertiary/aromatic N) is 3. The minimum absolute atomic E-state index is 0.0444. The smallest absolute Gasteiger partial charge is 0.258 e. The summed E-state index contributed by atoms with van der Waals surface area (Å²) in [5.74, 6) is -0.486. The largest absolute Gasteiger partial charge is 0.321 e. The maximum atomic E-state index is 12.9. The second kappa shape index (κ2) is 11.6. The van der Waals surface area contributed by atoms with Gasteiger partial charge in [0.1, 0.15) is 13.7 Å². The minimum Gasteiger partial charge on any atom is -0.321 e. The molecule has 0 aliphatic carbocycles. The number of anilines is 3. The van der Waals surface area contributed by atoms with Gasteiger partial charge in [-0.3, -0.25) is 19.3 Å². The van der Waals surface area contributed by atoms with Crippen LogP contribution in [-0.2, 0) is 4.79 Å². The normalized spacial score (nSPS) is 10.7. The van der Waals surface area contributed by atoms with E-state index in [-0.39, 0.29) is 11.8 Å². The first-order valence-corrected chi connectivity index (χ1v) is 11.5. The summed E-state index contributed by atoms with van der Waals surface area (Å²) in [4.78, 5) is 45.8. The second-order valence-electron chi connectivity index (χ2n) is 8.15. The van der Waals surface area contributed by atoms with Crippen molar-refractivity contribution in [3.05, 3.63) is 76.9 Å². The molecule has 1 aromatic heterocycles. The van der Waals surface area contributed by atoms with Crippen molar-refractivity contribution in [1.82, 2.24) is 9.88 Å². The van der Waals surface area contributed by atoms with Gasteiger partial charge in [-0.15, -0.1) is 0 Å². The molecule has 2 aromatic carbocycles.